The molecule has 0 saturated heterocycles. The SMILES string of the molecule is CC1(C)C=Cc2c(ccc(C=O)c2O)O1.CC1(C)C=Cc2c(ccc(C=O)c2O)O1. The molecule has 6 nitrogen and oxygen atoms in total. The average Bonchev–Trinajstić information content (AvgIpc) is 2.67. The van der Waals surface area contributed by atoms with Gasteiger partial charge in [0.05, 0.1) is 22.3 Å². The molecule has 2 aliphatic rings. The van der Waals surface area contributed by atoms with Gasteiger partial charge in [-0.1, -0.05) is 0 Å². The number of rotatable bonds is 2. The lowest BCUT2D eigenvalue weighted by molar-refractivity contribution is 0.111. The second kappa shape index (κ2) is 7.71. The van der Waals surface area contributed by atoms with Crippen LogP contribution in [0.3, 0.4) is 0 Å². The predicted molar refractivity (Wildman–Crippen MR) is 114 cm³/mol. The molecule has 0 unspecified atom stereocenters. The minimum Gasteiger partial charge on any atom is -0.506 e. The normalized spacial score (nSPS) is 16.7. The van der Waals surface area contributed by atoms with E-state index in [1.807, 2.05) is 39.8 Å². The first-order valence-corrected chi connectivity index (χ1v) is 9.46. The highest BCUT2D eigenvalue weighted by Gasteiger charge is 2.25. The van der Waals surface area contributed by atoms with Crippen LogP contribution < -0.4 is 9.47 Å². The van der Waals surface area contributed by atoms with Crippen LogP contribution in [0.5, 0.6) is 23.0 Å². The van der Waals surface area contributed by atoms with Gasteiger partial charge in [0.1, 0.15) is 34.2 Å². The van der Waals surface area contributed by atoms with Gasteiger partial charge in [-0.3, -0.25) is 9.59 Å². The topological polar surface area (TPSA) is 93.1 Å². The third-order valence-corrected chi connectivity index (χ3v) is 4.72. The van der Waals surface area contributed by atoms with Crippen LogP contribution in [0.25, 0.3) is 12.2 Å². The molecular weight excluding hydrogens is 384 g/mol. The fraction of sp³-hybridized carbons (Fsp3) is 0.250. The van der Waals surface area contributed by atoms with E-state index in [0.29, 0.717) is 35.2 Å². The summed E-state index contributed by atoms with van der Waals surface area (Å²) in [4.78, 5) is 21.2. The van der Waals surface area contributed by atoms with Crippen LogP contribution in [0, 0.1) is 0 Å². The van der Waals surface area contributed by atoms with E-state index < -0.39 is 0 Å². The molecule has 2 heterocycles. The van der Waals surface area contributed by atoms with Crippen molar-refractivity contribution in [3.05, 3.63) is 58.7 Å². The lowest BCUT2D eigenvalue weighted by Crippen LogP contribution is -2.27. The number of benzene rings is 2. The van der Waals surface area contributed by atoms with Crippen molar-refractivity contribution in [1.82, 2.24) is 0 Å². The van der Waals surface area contributed by atoms with E-state index in [1.54, 1.807) is 36.4 Å². The Morgan fingerprint density at radius 1 is 0.700 bits per heavy atom. The number of ether oxygens (including phenoxy) is 2. The van der Waals surface area contributed by atoms with E-state index >= 15 is 0 Å². The Morgan fingerprint density at radius 3 is 1.40 bits per heavy atom. The third-order valence-electron chi connectivity index (χ3n) is 4.72. The molecule has 2 aromatic rings. The van der Waals surface area contributed by atoms with Crippen LogP contribution in [-0.4, -0.2) is 34.0 Å². The number of aldehydes is 2. The molecule has 0 atom stereocenters. The van der Waals surface area contributed by atoms with Gasteiger partial charge < -0.3 is 19.7 Å². The molecular formula is C24H24O6. The zero-order valence-corrected chi connectivity index (χ0v) is 17.3. The van der Waals surface area contributed by atoms with Gasteiger partial charge in [0.25, 0.3) is 0 Å². The second-order valence-electron chi connectivity index (χ2n) is 8.14. The Labute approximate surface area is 175 Å². The molecule has 0 bridgehead atoms. The lowest BCUT2D eigenvalue weighted by Gasteiger charge is -2.28. The number of fused-ring (bicyclic) bond motifs is 2. The standard InChI is InChI=1S/2C12H12O3/c2*1-12(2)6-5-9-10(15-12)4-3-8(7-13)11(9)14/h2*3-7,14H,1-2H3. The maximum atomic E-state index is 10.6. The van der Waals surface area contributed by atoms with Gasteiger partial charge in [-0.25, -0.2) is 0 Å². The summed E-state index contributed by atoms with van der Waals surface area (Å²) in [5.74, 6) is 1.17. The van der Waals surface area contributed by atoms with Gasteiger partial charge in [-0.05, 0) is 76.3 Å². The smallest absolute Gasteiger partial charge is 0.153 e. The highest BCUT2D eigenvalue weighted by molar-refractivity contribution is 5.85. The first-order chi connectivity index (χ1) is 14.1. The van der Waals surface area contributed by atoms with Gasteiger partial charge in [-0.15, -0.1) is 0 Å². The number of aromatic hydroxyl groups is 2. The number of hydrogen-bond acceptors (Lipinski definition) is 6. The molecule has 0 fully saturated rings. The first-order valence-electron chi connectivity index (χ1n) is 9.46. The molecule has 4 rings (SSSR count). The van der Waals surface area contributed by atoms with Gasteiger partial charge in [-0.2, -0.15) is 0 Å². The summed E-state index contributed by atoms with van der Waals surface area (Å²) >= 11 is 0. The highest BCUT2D eigenvalue weighted by Crippen LogP contribution is 2.38. The van der Waals surface area contributed by atoms with Crippen LogP contribution in [-0.2, 0) is 0 Å². The molecule has 2 aromatic carbocycles. The van der Waals surface area contributed by atoms with Crippen molar-refractivity contribution in [1.29, 1.82) is 0 Å². The van der Waals surface area contributed by atoms with E-state index in [1.165, 1.54) is 0 Å². The summed E-state index contributed by atoms with van der Waals surface area (Å²) in [6.07, 6.45) is 8.52. The fourth-order valence-corrected chi connectivity index (χ4v) is 3.11. The zero-order chi connectivity index (χ0) is 22.1. The highest BCUT2D eigenvalue weighted by atomic mass is 16.5. The number of carbonyl (C=O) groups is 2. The number of phenols is 2. The van der Waals surface area contributed by atoms with Gasteiger partial charge >= 0.3 is 0 Å². The second-order valence-corrected chi connectivity index (χ2v) is 8.14. The third kappa shape index (κ3) is 4.22. The molecule has 6 heteroatoms. The first kappa shape index (κ1) is 21.2. The van der Waals surface area contributed by atoms with Crippen LogP contribution in [0.2, 0.25) is 0 Å². The molecule has 0 aliphatic carbocycles. The molecule has 30 heavy (non-hydrogen) atoms. The van der Waals surface area contributed by atoms with E-state index in [0.717, 1.165) is 0 Å². The molecule has 0 aromatic heterocycles. The molecule has 2 aliphatic heterocycles. The zero-order valence-electron chi connectivity index (χ0n) is 17.3. The van der Waals surface area contributed by atoms with Crippen molar-refractivity contribution in [3.8, 4) is 23.0 Å². The Hall–Kier alpha value is -3.54. The number of hydrogen-bond donors (Lipinski definition) is 2. The minimum absolute atomic E-state index is 0.0192. The van der Waals surface area contributed by atoms with Crippen molar-refractivity contribution < 1.29 is 29.3 Å². The largest absolute Gasteiger partial charge is 0.506 e. The average molecular weight is 408 g/mol. The summed E-state index contributed by atoms with van der Waals surface area (Å²) in [5.41, 5.74) is 0.950. The summed E-state index contributed by atoms with van der Waals surface area (Å²) < 4.78 is 11.3. The fourth-order valence-electron chi connectivity index (χ4n) is 3.11. The molecule has 0 radical (unpaired) electrons. The number of phenolic OH excluding ortho intramolecular Hbond substituents is 2. The van der Waals surface area contributed by atoms with Crippen molar-refractivity contribution >= 4 is 24.7 Å². The van der Waals surface area contributed by atoms with Gasteiger partial charge in [0.15, 0.2) is 12.6 Å². The number of carbonyl (C=O) groups excluding carboxylic acids is 2. The van der Waals surface area contributed by atoms with E-state index in [2.05, 4.69) is 0 Å². The molecule has 0 saturated carbocycles. The van der Waals surface area contributed by atoms with Crippen LogP contribution in [0.1, 0.15) is 59.5 Å². The van der Waals surface area contributed by atoms with E-state index in [4.69, 9.17) is 9.47 Å². The summed E-state index contributed by atoms with van der Waals surface area (Å²) in [5, 5.41) is 19.5. The van der Waals surface area contributed by atoms with Crippen molar-refractivity contribution in [2.24, 2.45) is 0 Å². The van der Waals surface area contributed by atoms with Crippen LogP contribution in [0.15, 0.2) is 36.4 Å². The Kier molecular flexibility index (Phi) is 5.44. The summed E-state index contributed by atoms with van der Waals surface area (Å²) in [6, 6.07) is 6.50. The summed E-state index contributed by atoms with van der Waals surface area (Å²) in [6.45, 7) is 7.71. The minimum atomic E-state index is -0.373. The summed E-state index contributed by atoms with van der Waals surface area (Å²) in [7, 11) is 0. The molecule has 2 N–H and O–H groups in total. The monoisotopic (exact) mass is 408 g/mol. The quantitative estimate of drug-likeness (QED) is 0.695. The van der Waals surface area contributed by atoms with Gasteiger partial charge in [0.2, 0.25) is 0 Å². The Balaban J connectivity index is 0.000000171. The Morgan fingerprint density at radius 2 is 1.07 bits per heavy atom. The van der Waals surface area contributed by atoms with Crippen molar-refractivity contribution in [2.75, 3.05) is 0 Å². The predicted octanol–water partition coefficient (Wildman–Crippen LogP) is 4.78. The maximum absolute atomic E-state index is 10.6. The van der Waals surface area contributed by atoms with Gasteiger partial charge in [0, 0.05) is 0 Å². The van der Waals surface area contributed by atoms with Crippen LogP contribution in [0.4, 0.5) is 0 Å². The maximum Gasteiger partial charge on any atom is 0.153 e. The molecule has 0 amide bonds. The van der Waals surface area contributed by atoms with E-state index in [9.17, 15) is 19.8 Å². The van der Waals surface area contributed by atoms with Crippen molar-refractivity contribution in [2.45, 2.75) is 38.9 Å². The molecule has 156 valence electrons. The van der Waals surface area contributed by atoms with E-state index in [-0.39, 0.29) is 33.8 Å². The Bertz CT molecular complexity index is 974. The lowest BCUT2D eigenvalue weighted by atomic mass is 10.00. The molecule has 0 spiro atoms. The van der Waals surface area contributed by atoms with Crippen LogP contribution >= 0.6 is 0 Å². The van der Waals surface area contributed by atoms with Crippen molar-refractivity contribution in [3.63, 3.8) is 0 Å².